The maximum Gasteiger partial charge on any atom is 0.240 e. The zero-order valence-electron chi connectivity index (χ0n) is 22.9. The number of carbonyl (C=O) groups excluding carboxylic acids is 2. The van der Waals surface area contributed by atoms with Gasteiger partial charge < -0.3 is 15.1 Å². The van der Waals surface area contributed by atoms with Crippen molar-refractivity contribution in [3.05, 3.63) is 89.2 Å². The number of fused-ring (bicyclic) bond motifs is 2. The zero-order chi connectivity index (χ0) is 28.5. The molecule has 4 aromatic rings. The largest absolute Gasteiger partial charge is 0.325 e. The van der Waals surface area contributed by atoms with E-state index in [0.717, 1.165) is 48.5 Å². The Kier molecular flexibility index (Phi) is 7.49. The maximum absolute atomic E-state index is 13.3. The Labute approximate surface area is 243 Å². The van der Waals surface area contributed by atoms with Gasteiger partial charge in [0.05, 0.1) is 29.0 Å². The quantitative estimate of drug-likeness (QED) is 0.348. The lowest BCUT2D eigenvalue weighted by Gasteiger charge is -2.32. The first-order chi connectivity index (χ1) is 19.9. The number of nitrogens with one attached hydrogen (secondary N) is 1. The van der Waals surface area contributed by atoms with Gasteiger partial charge in [-0.2, -0.15) is 0 Å². The van der Waals surface area contributed by atoms with Crippen LogP contribution in [0.15, 0.2) is 78.0 Å². The van der Waals surface area contributed by atoms with Crippen LogP contribution in [0, 0.1) is 0 Å². The lowest BCUT2D eigenvalue weighted by Crippen LogP contribution is -2.48. The summed E-state index contributed by atoms with van der Waals surface area (Å²) in [5.41, 5.74) is 5.76. The van der Waals surface area contributed by atoms with Crippen LogP contribution in [0.4, 0.5) is 17.1 Å². The highest BCUT2D eigenvalue weighted by Gasteiger charge is 2.35. The first-order valence-electron chi connectivity index (χ1n) is 13.5. The minimum atomic E-state index is -0.635. The summed E-state index contributed by atoms with van der Waals surface area (Å²) in [5, 5.41) is 3.50. The molecular formula is C31H30ClN7O2. The number of piperazine rings is 1. The molecule has 2 aliphatic heterocycles. The van der Waals surface area contributed by atoms with Crippen molar-refractivity contribution in [2.75, 3.05) is 57.0 Å². The first-order valence-corrected chi connectivity index (χ1v) is 13.9. The number of nitrogens with zero attached hydrogens (tertiary/aromatic N) is 6. The number of amides is 2. The van der Waals surface area contributed by atoms with Gasteiger partial charge in [0.15, 0.2) is 0 Å². The first kappa shape index (κ1) is 27.0. The molecule has 0 spiro atoms. The molecule has 2 amide bonds. The monoisotopic (exact) mass is 567 g/mol. The maximum atomic E-state index is 13.3. The number of rotatable bonds is 6. The van der Waals surface area contributed by atoms with E-state index in [1.54, 1.807) is 36.5 Å². The van der Waals surface area contributed by atoms with Gasteiger partial charge in [0.25, 0.3) is 0 Å². The number of hydrogen-bond donors (Lipinski definition) is 1. The third-order valence-corrected chi connectivity index (χ3v) is 7.94. The van der Waals surface area contributed by atoms with Crippen LogP contribution in [0.25, 0.3) is 11.0 Å². The summed E-state index contributed by atoms with van der Waals surface area (Å²) in [6.45, 7) is 4.09. The average Bonchev–Trinajstić information content (AvgIpc) is 3.31. The van der Waals surface area contributed by atoms with E-state index in [4.69, 9.17) is 16.6 Å². The van der Waals surface area contributed by atoms with Gasteiger partial charge in [0.1, 0.15) is 5.92 Å². The van der Waals surface area contributed by atoms with E-state index in [-0.39, 0.29) is 11.8 Å². The number of benzene rings is 3. The molecule has 9 nitrogen and oxygen atoms in total. The molecule has 0 saturated carbocycles. The molecule has 41 heavy (non-hydrogen) atoms. The van der Waals surface area contributed by atoms with Crippen molar-refractivity contribution in [1.29, 1.82) is 0 Å². The fourth-order valence-corrected chi connectivity index (χ4v) is 5.43. The van der Waals surface area contributed by atoms with Gasteiger partial charge in [-0.25, -0.2) is 0 Å². The Bertz CT molecular complexity index is 1650. The van der Waals surface area contributed by atoms with E-state index in [1.165, 1.54) is 0 Å². The number of aliphatic imine (C=N–C) groups is 1. The van der Waals surface area contributed by atoms with Crippen LogP contribution < -0.4 is 10.2 Å². The Morgan fingerprint density at radius 3 is 2.49 bits per heavy atom. The van der Waals surface area contributed by atoms with Crippen LogP contribution in [-0.4, -0.2) is 84.1 Å². The minimum Gasteiger partial charge on any atom is -0.325 e. The third-order valence-electron chi connectivity index (χ3n) is 7.70. The highest BCUT2D eigenvalue weighted by molar-refractivity contribution is 6.31. The molecule has 6 rings (SSSR count). The highest BCUT2D eigenvalue weighted by Crippen LogP contribution is 2.38. The molecule has 0 aliphatic carbocycles. The fraction of sp³-hybridized carbons (Fsp3) is 0.258. The van der Waals surface area contributed by atoms with Gasteiger partial charge in [0, 0.05) is 62.0 Å². The van der Waals surface area contributed by atoms with Crippen LogP contribution in [0.3, 0.4) is 0 Å². The molecule has 2 aliphatic rings. The molecular weight excluding hydrogens is 538 g/mol. The lowest BCUT2D eigenvalue weighted by atomic mass is 9.90. The third kappa shape index (κ3) is 5.69. The number of likely N-dealkylation sites (N-methyl/N-ethyl adjacent to an activating group) is 2. The van der Waals surface area contributed by atoms with Crippen LogP contribution in [-0.2, 0) is 9.59 Å². The summed E-state index contributed by atoms with van der Waals surface area (Å²) in [5.74, 6) is -0.767. The summed E-state index contributed by atoms with van der Waals surface area (Å²) >= 11 is 6.20. The van der Waals surface area contributed by atoms with E-state index in [0.29, 0.717) is 34.2 Å². The predicted molar refractivity (Wildman–Crippen MR) is 162 cm³/mol. The van der Waals surface area contributed by atoms with Crippen molar-refractivity contribution >= 4 is 57.2 Å². The number of aromatic nitrogens is 2. The molecule has 0 bridgehead atoms. The molecule has 3 heterocycles. The van der Waals surface area contributed by atoms with E-state index in [1.807, 2.05) is 48.5 Å². The van der Waals surface area contributed by atoms with Gasteiger partial charge in [-0.3, -0.25) is 29.4 Å². The van der Waals surface area contributed by atoms with E-state index >= 15 is 0 Å². The van der Waals surface area contributed by atoms with Crippen molar-refractivity contribution in [3.63, 3.8) is 0 Å². The van der Waals surface area contributed by atoms with Crippen LogP contribution in [0.5, 0.6) is 0 Å². The summed E-state index contributed by atoms with van der Waals surface area (Å²) < 4.78 is 0. The topological polar surface area (TPSA) is 94.0 Å². The second-order valence-corrected chi connectivity index (χ2v) is 10.9. The molecule has 1 fully saturated rings. The van der Waals surface area contributed by atoms with Crippen LogP contribution >= 0.6 is 11.6 Å². The van der Waals surface area contributed by atoms with Gasteiger partial charge in [-0.05, 0) is 66.7 Å². The summed E-state index contributed by atoms with van der Waals surface area (Å²) in [6, 6.07) is 18.6. The van der Waals surface area contributed by atoms with Crippen molar-refractivity contribution in [2.45, 2.75) is 5.92 Å². The van der Waals surface area contributed by atoms with Gasteiger partial charge in [-0.15, -0.1) is 0 Å². The second-order valence-electron chi connectivity index (χ2n) is 10.5. The van der Waals surface area contributed by atoms with Crippen molar-refractivity contribution in [2.24, 2.45) is 4.99 Å². The van der Waals surface area contributed by atoms with E-state index in [2.05, 4.69) is 32.1 Å². The Morgan fingerprint density at radius 2 is 1.73 bits per heavy atom. The molecule has 10 heteroatoms. The fourth-order valence-electron chi connectivity index (χ4n) is 5.26. The zero-order valence-corrected chi connectivity index (χ0v) is 23.7. The molecule has 1 aromatic heterocycles. The van der Waals surface area contributed by atoms with Crippen molar-refractivity contribution < 1.29 is 9.59 Å². The van der Waals surface area contributed by atoms with Crippen LogP contribution in [0.2, 0.25) is 5.02 Å². The molecule has 1 unspecified atom stereocenters. The van der Waals surface area contributed by atoms with Gasteiger partial charge in [-0.1, -0.05) is 23.7 Å². The summed E-state index contributed by atoms with van der Waals surface area (Å²) in [4.78, 5) is 46.2. The Balaban J connectivity index is 1.31. The van der Waals surface area contributed by atoms with Crippen molar-refractivity contribution in [1.82, 2.24) is 19.8 Å². The number of halogens is 1. The Morgan fingerprint density at radius 1 is 1.00 bits per heavy atom. The minimum absolute atomic E-state index is 0.0432. The Hall–Kier alpha value is -4.18. The standard InChI is InChI=1S/C31H30ClN7O2/c1-37-13-15-39(16-14-37)19-28(40)38(2)23-7-5-22(6-8-23)35-30(20-3-10-25-27(17-20)34-12-11-33-25)29-24-9-4-21(32)18-26(24)36-31(29)41/h3-12,17-18,29H,13-16,19H2,1-2H3,(H,36,41). The SMILES string of the molecule is CN1CCN(CC(=O)N(C)c2ccc(N=C(c3ccc4nccnc4c3)C3C(=O)Nc4cc(Cl)ccc43)cc2)CC1. The predicted octanol–water partition coefficient (Wildman–Crippen LogP) is 4.35. The van der Waals surface area contributed by atoms with Gasteiger partial charge >= 0.3 is 0 Å². The van der Waals surface area contributed by atoms with E-state index < -0.39 is 5.92 Å². The average molecular weight is 568 g/mol. The molecule has 1 N–H and O–H groups in total. The van der Waals surface area contributed by atoms with E-state index in [9.17, 15) is 9.59 Å². The lowest BCUT2D eigenvalue weighted by molar-refractivity contribution is -0.120. The molecule has 3 aromatic carbocycles. The smallest absolute Gasteiger partial charge is 0.240 e. The highest BCUT2D eigenvalue weighted by atomic mass is 35.5. The van der Waals surface area contributed by atoms with Gasteiger partial charge in [0.2, 0.25) is 11.8 Å². The number of hydrogen-bond acceptors (Lipinski definition) is 7. The molecule has 1 atom stereocenters. The second kappa shape index (κ2) is 11.4. The summed E-state index contributed by atoms with van der Waals surface area (Å²) in [7, 11) is 3.89. The molecule has 0 radical (unpaired) electrons. The molecule has 208 valence electrons. The summed E-state index contributed by atoms with van der Waals surface area (Å²) in [6.07, 6.45) is 3.29. The number of anilines is 2. The normalized spacial score (nSPS) is 17.9. The van der Waals surface area contributed by atoms with Crippen LogP contribution in [0.1, 0.15) is 17.0 Å². The van der Waals surface area contributed by atoms with Crippen molar-refractivity contribution in [3.8, 4) is 0 Å². The molecule has 1 saturated heterocycles. The number of carbonyl (C=O) groups is 2.